The monoisotopic (exact) mass is 592 g/mol. The number of aromatic nitrogens is 5. The summed E-state index contributed by atoms with van der Waals surface area (Å²) in [6.45, 7) is 0.588. The molecule has 0 radical (unpaired) electrons. The van der Waals surface area contributed by atoms with Gasteiger partial charge in [-0.15, -0.1) is 10.2 Å². The molecule has 43 heavy (non-hydrogen) atoms. The average molecular weight is 593 g/mol. The molecule has 0 aliphatic heterocycles. The van der Waals surface area contributed by atoms with E-state index in [9.17, 15) is 22.8 Å². The molecule has 1 aliphatic carbocycles. The summed E-state index contributed by atoms with van der Waals surface area (Å²) in [7, 11) is 0. The van der Waals surface area contributed by atoms with E-state index in [1.807, 2.05) is 0 Å². The molecule has 4 aromatic rings. The van der Waals surface area contributed by atoms with Crippen LogP contribution >= 0.6 is 0 Å². The molecule has 5 N–H and O–H groups in total. The van der Waals surface area contributed by atoms with Gasteiger partial charge in [-0.1, -0.05) is 30.3 Å². The number of nitrogens with one attached hydrogen (secondary N) is 3. The van der Waals surface area contributed by atoms with Crippen molar-refractivity contribution in [3.8, 4) is 22.5 Å². The number of amides is 2. The fourth-order valence-electron chi connectivity index (χ4n) is 5.30. The van der Waals surface area contributed by atoms with Crippen LogP contribution in [0.15, 0.2) is 66.9 Å². The molecule has 1 fully saturated rings. The highest BCUT2D eigenvalue weighted by Crippen LogP contribution is 2.35. The van der Waals surface area contributed by atoms with Crippen LogP contribution in [0.25, 0.3) is 22.5 Å². The van der Waals surface area contributed by atoms with Crippen molar-refractivity contribution in [3.05, 3.63) is 78.1 Å². The number of pyridine rings is 1. The fourth-order valence-corrected chi connectivity index (χ4v) is 5.30. The molecule has 1 atom stereocenters. The maximum absolute atomic E-state index is 13.5. The summed E-state index contributed by atoms with van der Waals surface area (Å²) in [6.07, 6.45) is -0.261. The van der Waals surface area contributed by atoms with Crippen LogP contribution in [-0.2, 0) is 22.2 Å². The molecule has 0 spiro atoms. The Hall–Kier alpha value is -4.65. The third kappa shape index (κ3) is 7.41. The zero-order chi connectivity index (χ0) is 30.4. The summed E-state index contributed by atoms with van der Waals surface area (Å²) < 4.78 is 40.5. The first kappa shape index (κ1) is 29.8. The van der Waals surface area contributed by atoms with E-state index in [-0.39, 0.29) is 23.8 Å². The predicted molar refractivity (Wildman–Crippen MR) is 153 cm³/mol. The van der Waals surface area contributed by atoms with Crippen molar-refractivity contribution in [2.24, 2.45) is 17.6 Å². The van der Waals surface area contributed by atoms with Crippen LogP contribution in [0.5, 0.6) is 0 Å². The number of halogens is 3. The summed E-state index contributed by atoms with van der Waals surface area (Å²) in [5, 5.41) is 19.6. The van der Waals surface area contributed by atoms with E-state index in [1.165, 1.54) is 12.1 Å². The van der Waals surface area contributed by atoms with Gasteiger partial charge in [0.05, 0.1) is 0 Å². The van der Waals surface area contributed by atoms with Crippen LogP contribution in [0.2, 0.25) is 0 Å². The molecule has 2 heterocycles. The van der Waals surface area contributed by atoms with E-state index in [0.717, 1.165) is 19.0 Å². The normalized spacial score (nSPS) is 17.7. The maximum atomic E-state index is 13.5. The second-order valence-electron chi connectivity index (χ2n) is 10.6. The number of nitrogens with two attached hydrogens (primary N) is 1. The van der Waals surface area contributed by atoms with E-state index < -0.39 is 23.8 Å². The summed E-state index contributed by atoms with van der Waals surface area (Å²) in [6, 6.07) is 15.2. The zero-order valence-corrected chi connectivity index (χ0v) is 23.1. The average Bonchev–Trinajstić information content (AvgIpc) is 3.56. The van der Waals surface area contributed by atoms with Gasteiger partial charge >= 0.3 is 6.18 Å². The van der Waals surface area contributed by atoms with Gasteiger partial charge < -0.3 is 16.4 Å². The number of nitrogens with zero attached hydrogens (tertiary/aromatic N) is 4. The Kier molecular flexibility index (Phi) is 9.10. The first-order valence-corrected chi connectivity index (χ1v) is 14.0. The third-order valence-corrected chi connectivity index (χ3v) is 7.72. The van der Waals surface area contributed by atoms with Gasteiger partial charge in [-0.2, -0.15) is 18.4 Å². The Morgan fingerprint density at radius 3 is 2.30 bits per heavy atom. The molecule has 1 aliphatic rings. The molecule has 224 valence electrons. The first-order chi connectivity index (χ1) is 20.7. The lowest BCUT2D eigenvalue weighted by Crippen LogP contribution is -2.48. The zero-order valence-electron chi connectivity index (χ0n) is 23.1. The largest absolute Gasteiger partial charge is 0.433 e. The Bertz CT molecular complexity index is 1520. The van der Waals surface area contributed by atoms with Gasteiger partial charge in [0, 0.05) is 35.3 Å². The van der Waals surface area contributed by atoms with Crippen molar-refractivity contribution in [2.75, 3.05) is 11.9 Å². The van der Waals surface area contributed by atoms with E-state index in [1.54, 1.807) is 48.5 Å². The van der Waals surface area contributed by atoms with Crippen LogP contribution in [0, 0.1) is 11.8 Å². The molecule has 2 amide bonds. The predicted octanol–water partition coefficient (Wildman–Crippen LogP) is 4.38. The number of aromatic amines is 1. The van der Waals surface area contributed by atoms with Crippen LogP contribution in [0.4, 0.5) is 18.9 Å². The standard InChI is InChI=1S/C30H31F3N8O2/c31-30(32,33)26-24(2-1-15-35-26)20-7-3-18(4-8-20)16-25(37-28(42)22-9-5-19(17-34)6-10-22)29(43)36-23-13-11-21(12-14-23)27-38-40-41-39-27/h1-4,7-8,11-15,19,22,25H,5-6,9-10,16-17,34H2,(H,36,43)(H,37,42)(H,38,39,40,41)/t19?,22?,25-/m0/s1. The molecular weight excluding hydrogens is 561 g/mol. The number of anilines is 1. The summed E-state index contributed by atoms with van der Waals surface area (Å²) in [5.74, 6) is -0.0443. The van der Waals surface area contributed by atoms with E-state index in [2.05, 4.69) is 36.2 Å². The van der Waals surface area contributed by atoms with Crippen molar-refractivity contribution in [1.82, 2.24) is 30.9 Å². The highest BCUT2D eigenvalue weighted by Gasteiger charge is 2.35. The smallest absolute Gasteiger partial charge is 0.344 e. The molecule has 13 heteroatoms. The van der Waals surface area contributed by atoms with Gasteiger partial charge in [-0.25, -0.2) is 0 Å². The molecule has 0 bridgehead atoms. The molecule has 0 saturated heterocycles. The summed E-state index contributed by atoms with van der Waals surface area (Å²) in [5.41, 5.74) is 7.00. The van der Waals surface area contributed by atoms with Gasteiger partial charge in [0.2, 0.25) is 17.6 Å². The van der Waals surface area contributed by atoms with Crippen molar-refractivity contribution >= 4 is 17.5 Å². The molecule has 2 aromatic carbocycles. The van der Waals surface area contributed by atoms with E-state index >= 15 is 0 Å². The first-order valence-electron chi connectivity index (χ1n) is 14.0. The van der Waals surface area contributed by atoms with Gasteiger partial charge in [-0.3, -0.25) is 14.6 Å². The number of carbonyl (C=O) groups excluding carboxylic acids is 2. The summed E-state index contributed by atoms with van der Waals surface area (Å²) in [4.78, 5) is 30.2. The molecule has 1 saturated carbocycles. The van der Waals surface area contributed by atoms with Gasteiger partial charge in [0.15, 0.2) is 5.69 Å². The van der Waals surface area contributed by atoms with Crippen molar-refractivity contribution in [1.29, 1.82) is 0 Å². The Balaban J connectivity index is 1.33. The quantitative estimate of drug-likeness (QED) is 0.225. The van der Waals surface area contributed by atoms with Crippen LogP contribution < -0.4 is 16.4 Å². The number of alkyl halides is 3. The number of H-pyrrole nitrogens is 1. The number of benzene rings is 2. The van der Waals surface area contributed by atoms with Gasteiger partial charge in [0.1, 0.15) is 6.04 Å². The lowest BCUT2D eigenvalue weighted by Gasteiger charge is -2.28. The van der Waals surface area contributed by atoms with Crippen molar-refractivity contribution in [2.45, 2.75) is 44.3 Å². The second-order valence-corrected chi connectivity index (χ2v) is 10.6. The molecular formula is C30H31F3N8O2. The lowest BCUT2D eigenvalue weighted by atomic mass is 9.81. The lowest BCUT2D eigenvalue weighted by molar-refractivity contribution is -0.140. The number of rotatable bonds is 9. The highest BCUT2D eigenvalue weighted by atomic mass is 19.4. The van der Waals surface area contributed by atoms with Crippen molar-refractivity contribution in [3.63, 3.8) is 0 Å². The van der Waals surface area contributed by atoms with Crippen molar-refractivity contribution < 1.29 is 22.8 Å². The minimum absolute atomic E-state index is 0.0403. The van der Waals surface area contributed by atoms with Crippen LogP contribution in [-0.4, -0.2) is 50.0 Å². The Labute approximate surface area is 245 Å². The minimum atomic E-state index is -4.60. The maximum Gasteiger partial charge on any atom is 0.433 e. The second kappa shape index (κ2) is 13.1. The molecule has 10 nitrogen and oxygen atoms in total. The van der Waals surface area contributed by atoms with Crippen LogP contribution in [0.3, 0.4) is 0 Å². The fraction of sp³-hybridized carbons (Fsp3) is 0.333. The number of hydrogen-bond donors (Lipinski definition) is 4. The van der Waals surface area contributed by atoms with E-state index in [0.29, 0.717) is 53.5 Å². The Morgan fingerprint density at radius 2 is 1.67 bits per heavy atom. The number of tetrazole rings is 1. The van der Waals surface area contributed by atoms with Crippen LogP contribution in [0.1, 0.15) is 36.9 Å². The molecule has 0 unspecified atom stereocenters. The topological polar surface area (TPSA) is 152 Å². The number of carbonyl (C=O) groups is 2. The van der Waals surface area contributed by atoms with Gasteiger partial charge in [0.25, 0.3) is 0 Å². The highest BCUT2D eigenvalue weighted by molar-refractivity contribution is 5.97. The third-order valence-electron chi connectivity index (χ3n) is 7.72. The molecule has 5 rings (SSSR count). The summed E-state index contributed by atoms with van der Waals surface area (Å²) >= 11 is 0. The minimum Gasteiger partial charge on any atom is -0.344 e. The number of hydrogen-bond acceptors (Lipinski definition) is 7. The van der Waals surface area contributed by atoms with Gasteiger partial charge in [-0.05, 0) is 84.8 Å². The molecule has 2 aromatic heterocycles. The SMILES string of the molecule is NCC1CCC(C(=O)N[C@@H](Cc2ccc(-c3cccnc3C(F)(F)F)cc2)C(=O)Nc2ccc(-c3nn[nH]n3)cc2)CC1. The Morgan fingerprint density at radius 1 is 0.977 bits per heavy atom. The van der Waals surface area contributed by atoms with E-state index in [4.69, 9.17) is 5.73 Å².